The molecule has 1 heterocycles. The van der Waals surface area contributed by atoms with Gasteiger partial charge in [0, 0.05) is 17.8 Å². The van der Waals surface area contributed by atoms with Crippen LogP contribution in [0.15, 0.2) is 46.8 Å². The second-order valence-corrected chi connectivity index (χ2v) is 6.99. The largest absolute Gasteiger partial charge is 0.325 e. The molecule has 122 valence electrons. The minimum Gasteiger partial charge on any atom is -0.325 e. The third-order valence-electron chi connectivity index (χ3n) is 3.02. The van der Waals surface area contributed by atoms with E-state index in [-0.39, 0.29) is 23.2 Å². The van der Waals surface area contributed by atoms with Gasteiger partial charge in [0.2, 0.25) is 5.91 Å². The van der Waals surface area contributed by atoms with E-state index in [4.69, 9.17) is 0 Å². The Kier molecular flexibility index (Phi) is 4.72. The van der Waals surface area contributed by atoms with Crippen LogP contribution in [0.1, 0.15) is 0 Å². The van der Waals surface area contributed by atoms with Gasteiger partial charge in [0.25, 0.3) is 5.69 Å². The molecule has 0 aliphatic rings. The summed E-state index contributed by atoms with van der Waals surface area (Å²) in [5.41, 5.74) is 1.19. The molecule has 6 nitrogen and oxygen atoms in total. The van der Waals surface area contributed by atoms with Crippen molar-refractivity contribution < 1.29 is 14.1 Å². The first-order valence-corrected chi connectivity index (χ1v) is 8.55. The third kappa shape index (κ3) is 3.87. The summed E-state index contributed by atoms with van der Waals surface area (Å²) in [6.45, 7) is 0. The molecule has 0 saturated heterocycles. The monoisotopic (exact) mass is 363 g/mol. The highest BCUT2D eigenvalue weighted by molar-refractivity contribution is 8.01. The van der Waals surface area contributed by atoms with Crippen LogP contribution in [-0.4, -0.2) is 21.6 Å². The summed E-state index contributed by atoms with van der Waals surface area (Å²) < 4.78 is 14.2. The van der Waals surface area contributed by atoms with E-state index >= 15 is 0 Å². The van der Waals surface area contributed by atoms with Crippen molar-refractivity contribution in [3.63, 3.8) is 0 Å². The molecule has 0 saturated carbocycles. The fourth-order valence-electron chi connectivity index (χ4n) is 1.93. The number of halogens is 1. The highest BCUT2D eigenvalue weighted by atomic mass is 32.2. The highest BCUT2D eigenvalue weighted by Gasteiger charge is 2.12. The number of amides is 1. The number of thioether (sulfide) groups is 1. The van der Waals surface area contributed by atoms with Crippen molar-refractivity contribution in [2.75, 3.05) is 11.1 Å². The van der Waals surface area contributed by atoms with Crippen molar-refractivity contribution in [2.24, 2.45) is 0 Å². The van der Waals surface area contributed by atoms with Crippen LogP contribution >= 0.6 is 23.1 Å². The van der Waals surface area contributed by atoms with Gasteiger partial charge in [-0.1, -0.05) is 11.8 Å². The van der Waals surface area contributed by atoms with E-state index in [1.807, 2.05) is 0 Å². The smallest absolute Gasteiger partial charge is 0.270 e. The molecule has 0 radical (unpaired) electrons. The van der Waals surface area contributed by atoms with E-state index in [2.05, 4.69) is 10.3 Å². The average Bonchev–Trinajstić information content (AvgIpc) is 2.97. The number of thiazole rings is 1. The molecule has 1 N–H and O–H groups in total. The molecular formula is C15H10FN3O3S2. The van der Waals surface area contributed by atoms with E-state index in [0.29, 0.717) is 20.2 Å². The maximum Gasteiger partial charge on any atom is 0.270 e. The Morgan fingerprint density at radius 2 is 2.04 bits per heavy atom. The van der Waals surface area contributed by atoms with Crippen molar-refractivity contribution in [1.29, 1.82) is 0 Å². The maximum atomic E-state index is 12.8. The molecule has 9 heteroatoms. The zero-order valence-electron chi connectivity index (χ0n) is 12.1. The Morgan fingerprint density at radius 1 is 1.29 bits per heavy atom. The van der Waals surface area contributed by atoms with Gasteiger partial charge < -0.3 is 5.32 Å². The van der Waals surface area contributed by atoms with Gasteiger partial charge in [-0.25, -0.2) is 9.37 Å². The van der Waals surface area contributed by atoms with Crippen molar-refractivity contribution in [1.82, 2.24) is 4.98 Å². The van der Waals surface area contributed by atoms with Crippen LogP contribution in [0.5, 0.6) is 0 Å². The predicted molar refractivity (Wildman–Crippen MR) is 92.0 cm³/mol. The van der Waals surface area contributed by atoms with Crippen molar-refractivity contribution in [3.05, 3.63) is 58.4 Å². The second kappa shape index (κ2) is 6.93. The summed E-state index contributed by atoms with van der Waals surface area (Å²) in [7, 11) is 0. The Labute approximate surface area is 143 Å². The molecular weight excluding hydrogens is 353 g/mol. The van der Waals surface area contributed by atoms with Gasteiger partial charge in [0.1, 0.15) is 5.82 Å². The number of carbonyl (C=O) groups is 1. The normalized spacial score (nSPS) is 10.7. The molecule has 24 heavy (non-hydrogen) atoms. The van der Waals surface area contributed by atoms with Crippen LogP contribution in [0.3, 0.4) is 0 Å². The minimum absolute atomic E-state index is 0.0109. The Morgan fingerprint density at radius 3 is 2.75 bits per heavy atom. The van der Waals surface area contributed by atoms with Gasteiger partial charge in [-0.05, 0) is 30.3 Å². The topological polar surface area (TPSA) is 85.1 Å². The molecule has 0 unspecified atom stereocenters. The van der Waals surface area contributed by atoms with Gasteiger partial charge in [0.05, 0.1) is 20.9 Å². The summed E-state index contributed by atoms with van der Waals surface area (Å²) >= 11 is 2.54. The van der Waals surface area contributed by atoms with E-state index in [1.165, 1.54) is 59.5 Å². The van der Waals surface area contributed by atoms with E-state index in [1.54, 1.807) is 6.07 Å². The molecule has 0 aliphatic carbocycles. The molecule has 3 rings (SSSR count). The second-order valence-electron chi connectivity index (χ2n) is 4.73. The molecule has 0 aliphatic heterocycles. The van der Waals surface area contributed by atoms with Gasteiger partial charge in [-0.15, -0.1) is 11.3 Å². The van der Waals surface area contributed by atoms with E-state index in [9.17, 15) is 19.3 Å². The van der Waals surface area contributed by atoms with Crippen molar-refractivity contribution in [3.8, 4) is 0 Å². The Hall–Kier alpha value is -2.52. The highest BCUT2D eigenvalue weighted by Crippen LogP contribution is 2.31. The predicted octanol–water partition coefficient (Wildman–Crippen LogP) is 4.07. The molecule has 1 aromatic heterocycles. The lowest BCUT2D eigenvalue weighted by molar-refractivity contribution is -0.384. The van der Waals surface area contributed by atoms with Crippen molar-refractivity contribution in [2.45, 2.75) is 4.34 Å². The standard InChI is InChI=1S/C15H10FN3O3S2/c16-9-1-3-10(4-2-9)17-14(20)8-23-15-18-12-6-5-11(19(21)22)7-13(12)24-15/h1-7H,8H2,(H,17,20). The van der Waals surface area contributed by atoms with Crippen molar-refractivity contribution >= 4 is 50.6 Å². The average molecular weight is 363 g/mol. The summed E-state index contributed by atoms with van der Waals surface area (Å²) in [6, 6.07) is 9.95. The first kappa shape index (κ1) is 16.3. The molecule has 1 amide bonds. The lowest BCUT2D eigenvalue weighted by Crippen LogP contribution is -2.13. The molecule has 0 spiro atoms. The molecule has 0 fully saturated rings. The maximum absolute atomic E-state index is 12.8. The number of benzene rings is 2. The SMILES string of the molecule is O=C(CSc1nc2ccc([N+](=O)[O-])cc2s1)Nc1ccc(F)cc1. The fraction of sp³-hybridized carbons (Fsp3) is 0.0667. The molecule has 0 bridgehead atoms. The lowest BCUT2D eigenvalue weighted by Gasteiger charge is -2.03. The number of nitrogens with zero attached hydrogens (tertiary/aromatic N) is 2. The van der Waals surface area contributed by atoms with Crippen LogP contribution in [0, 0.1) is 15.9 Å². The third-order valence-corrected chi connectivity index (χ3v) is 5.18. The molecule has 3 aromatic rings. The fourth-order valence-corrected chi connectivity index (χ4v) is 3.83. The number of non-ortho nitro benzene ring substituents is 1. The first-order chi connectivity index (χ1) is 11.5. The number of carbonyl (C=O) groups excluding carboxylic acids is 1. The number of anilines is 1. The molecule has 0 atom stereocenters. The summed E-state index contributed by atoms with van der Waals surface area (Å²) in [6.07, 6.45) is 0. The summed E-state index contributed by atoms with van der Waals surface area (Å²) in [5, 5.41) is 13.4. The Balaban J connectivity index is 1.63. The number of nitro groups is 1. The van der Waals surface area contributed by atoms with Gasteiger partial charge >= 0.3 is 0 Å². The van der Waals surface area contributed by atoms with Gasteiger partial charge in [-0.2, -0.15) is 0 Å². The van der Waals surface area contributed by atoms with Crippen LogP contribution in [-0.2, 0) is 4.79 Å². The van der Waals surface area contributed by atoms with Gasteiger partial charge in [0.15, 0.2) is 4.34 Å². The quantitative estimate of drug-likeness (QED) is 0.419. The molecule has 2 aromatic carbocycles. The zero-order valence-corrected chi connectivity index (χ0v) is 13.7. The number of hydrogen-bond donors (Lipinski definition) is 1. The number of aromatic nitrogens is 1. The minimum atomic E-state index is -0.456. The zero-order chi connectivity index (χ0) is 17.1. The van der Waals surface area contributed by atoms with Crippen LogP contribution in [0.2, 0.25) is 0 Å². The van der Waals surface area contributed by atoms with Crippen LogP contribution in [0.4, 0.5) is 15.8 Å². The van der Waals surface area contributed by atoms with E-state index in [0.717, 1.165) is 0 Å². The summed E-state index contributed by atoms with van der Waals surface area (Å²) in [5.74, 6) is -0.470. The Bertz CT molecular complexity index is 912. The number of hydrogen-bond acceptors (Lipinski definition) is 6. The van der Waals surface area contributed by atoms with E-state index < -0.39 is 4.92 Å². The number of nitro benzene ring substituents is 1. The lowest BCUT2D eigenvalue weighted by atomic mass is 10.3. The first-order valence-electron chi connectivity index (χ1n) is 6.74. The number of nitrogens with one attached hydrogen (secondary N) is 1. The number of rotatable bonds is 5. The number of fused-ring (bicyclic) bond motifs is 1. The van der Waals surface area contributed by atoms with Gasteiger partial charge in [-0.3, -0.25) is 14.9 Å². The summed E-state index contributed by atoms with van der Waals surface area (Å²) in [4.78, 5) is 26.5. The van der Waals surface area contributed by atoms with Crippen LogP contribution < -0.4 is 5.32 Å². The van der Waals surface area contributed by atoms with Crippen LogP contribution in [0.25, 0.3) is 10.2 Å².